The molecule has 0 bridgehead atoms. The third-order valence-corrected chi connectivity index (χ3v) is 2.07. The number of nitrogens with two attached hydrogens (primary N) is 2. The van der Waals surface area contributed by atoms with Gasteiger partial charge in [-0.2, -0.15) is 0 Å². The predicted molar refractivity (Wildman–Crippen MR) is 72.0 cm³/mol. The maximum absolute atomic E-state index is 4.90. The quantitative estimate of drug-likeness (QED) is 0.794. The zero-order valence-corrected chi connectivity index (χ0v) is 10.3. The largest absolute Gasteiger partial charge is 0.363 e. The Morgan fingerprint density at radius 1 is 1.12 bits per heavy atom. The van der Waals surface area contributed by atoms with Gasteiger partial charge in [-0.3, -0.25) is 0 Å². The molecular formula is C12H19N5. The molecule has 0 unspecified atom stereocenters. The second-order valence-electron chi connectivity index (χ2n) is 3.69. The lowest BCUT2D eigenvalue weighted by molar-refractivity contribution is 0.976. The van der Waals surface area contributed by atoms with E-state index in [0.29, 0.717) is 13.1 Å². The summed E-state index contributed by atoms with van der Waals surface area (Å²) in [7, 11) is 3.94. The molecule has 0 saturated heterocycles. The van der Waals surface area contributed by atoms with Crippen LogP contribution in [-0.4, -0.2) is 37.2 Å². The second-order valence-corrected chi connectivity index (χ2v) is 3.69. The molecule has 2 aromatic heterocycles. The molecule has 2 heterocycles. The molecular weight excluding hydrogens is 214 g/mol. The number of hydrogen-bond donors (Lipinski definition) is 2. The third-order valence-electron chi connectivity index (χ3n) is 2.07. The van der Waals surface area contributed by atoms with Crippen molar-refractivity contribution in [3.63, 3.8) is 0 Å². The molecule has 17 heavy (non-hydrogen) atoms. The molecule has 0 spiro atoms. The highest BCUT2D eigenvalue weighted by molar-refractivity contribution is 5.76. The maximum Gasteiger partial charge on any atom is 0.161 e. The van der Waals surface area contributed by atoms with E-state index in [4.69, 9.17) is 11.5 Å². The summed E-state index contributed by atoms with van der Waals surface area (Å²) >= 11 is 0. The highest BCUT2D eigenvalue weighted by atomic mass is 15.1. The third kappa shape index (κ3) is 3.97. The van der Waals surface area contributed by atoms with Crippen LogP contribution in [0.3, 0.4) is 0 Å². The van der Waals surface area contributed by atoms with Gasteiger partial charge >= 0.3 is 0 Å². The van der Waals surface area contributed by atoms with Gasteiger partial charge in [0.15, 0.2) is 5.65 Å². The van der Waals surface area contributed by atoms with Crippen molar-refractivity contribution in [2.24, 2.45) is 11.5 Å². The fourth-order valence-corrected chi connectivity index (χ4v) is 1.19. The highest BCUT2D eigenvalue weighted by Crippen LogP contribution is 2.13. The van der Waals surface area contributed by atoms with Crippen molar-refractivity contribution >= 4 is 16.9 Å². The molecule has 92 valence electrons. The SMILES string of the molecule is CN(C)c1ccc2cccnc2n1.NCCN. The van der Waals surface area contributed by atoms with Crippen LogP contribution in [0.25, 0.3) is 11.0 Å². The Kier molecular flexibility index (Phi) is 5.32. The van der Waals surface area contributed by atoms with E-state index in [-0.39, 0.29) is 0 Å². The average molecular weight is 233 g/mol. The minimum absolute atomic E-state index is 0.597. The van der Waals surface area contributed by atoms with E-state index in [9.17, 15) is 0 Å². The van der Waals surface area contributed by atoms with E-state index in [0.717, 1.165) is 16.9 Å². The van der Waals surface area contributed by atoms with Crippen molar-refractivity contribution in [2.45, 2.75) is 0 Å². The van der Waals surface area contributed by atoms with Crippen molar-refractivity contribution in [1.29, 1.82) is 0 Å². The molecule has 0 aliphatic carbocycles. The first-order valence-corrected chi connectivity index (χ1v) is 5.48. The fraction of sp³-hybridized carbons (Fsp3) is 0.333. The summed E-state index contributed by atoms with van der Waals surface area (Å²) in [6.07, 6.45) is 1.76. The summed E-state index contributed by atoms with van der Waals surface area (Å²) in [4.78, 5) is 10.5. The number of pyridine rings is 2. The molecule has 0 atom stereocenters. The standard InChI is InChI=1S/C10H11N3.C2H8N2/c1-13(2)9-6-5-8-4-3-7-11-10(8)12-9;3-1-2-4/h3-7H,1-2H3;1-4H2. The van der Waals surface area contributed by atoms with Gasteiger partial charge < -0.3 is 16.4 Å². The summed E-state index contributed by atoms with van der Waals surface area (Å²) < 4.78 is 0. The van der Waals surface area contributed by atoms with Crippen LogP contribution in [-0.2, 0) is 0 Å². The Labute approximate surface area is 101 Å². The van der Waals surface area contributed by atoms with Gasteiger partial charge in [-0.15, -0.1) is 0 Å². The van der Waals surface area contributed by atoms with Crippen LogP contribution in [0.2, 0.25) is 0 Å². The molecule has 0 saturated carbocycles. The predicted octanol–water partition coefficient (Wildman–Crippen LogP) is 0.600. The van der Waals surface area contributed by atoms with Gasteiger partial charge in [0.05, 0.1) is 0 Å². The second kappa shape index (κ2) is 6.78. The molecule has 0 amide bonds. The Balaban J connectivity index is 0.000000317. The Morgan fingerprint density at radius 3 is 2.41 bits per heavy atom. The lowest BCUT2D eigenvalue weighted by Crippen LogP contribution is -2.11. The number of rotatable bonds is 2. The monoisotopic (exact) mass is 233 g/mol. The summed E-state index contributed by atoms with van der Waals surface area (Å²) in [5.41, 5.74) is 10.6. The number of anilines is 1. The van der Waals surface area contributed by atoms with Gasteiger partial charge in [0.25, 0.3) is 0 Å². The van der Waals surface area contributed by atoms with Crippen LogP contribution in [0.1, 0.15) is 0 Å². The molecule has 0 aliphatic heterocycles. The van der Waals surface area contributed by atoms with E-state index in [1.807, 2.05) is 43.3 Å². The van der Waals surface area contributed by atoms with Crippen molar-refractivity contribution in [3.8, 4) is 0 Å². The van der Waals surface area contributed by atoms with E-state index in [1.165, 1.54) is 0 Å². The maximum atomic E-state index is 4.90. The number of hydrogen-bond acceptors (Lipinski definition) is 5. The van der Waals surface area contributed by atoms with Gasteiger partial charge in [-0.05, 0) is 24.3 Å². The summed E-state index contributed by atoms with van der Waals surface area (Å²) in [6, 6.07) is 7.95. The van der Waals surface area contributed by atoms with Gasteiger partial charge in [-0.1, -0.05) is 0 Å². The number of fused-ring (bicyclic) bond motifs is 1. The summed E-state index contributed by atoms with van der Waals surface area (Å²) in [5, 5.41) is 1.08. The van der Waals surface area contributed by atoms with Crippen molar-refractivity contribution < 1.29 is 0 Å². The molecule has 0 fully saturated rings. The minimum atomic E-state index is 0.597. The van der Waals surface area contributed by atoms with E-state index < -0.39 is 0 Å². The Hall–Kier alpha value is -1.72. The molecule has 0 radical (unpaired) electrons. The van der Waals surface area contributed by atoms with Crippen LogP contribution in [0, 0.1) is 0 Å². The van der Waals surface area contributed by atoms with Crippen LogP contribution < -0.4 is 16.4 Å². The minimum Gasteiger partial charge on any atom is -0.363 e. The Morgan fingerprint density at radius 2 is 1.82 bits per heavy atom. The van der Waals surface area contributed by atoms with Crippen molar-refractivity contribution in [3.05, 3.63) is 30.5 Å². The smallest absolute Gasteiger partial charge is 0.161 e. The molecule has 2 aromatic rings. The zero-order chi connectivity index (χ0) is 12.7. The van der Waals surface area contributed by atoms with Crippen LogP contribution in [0.15, 0.2) is 30.5 Å². The van der Waals surface area contributed by atoms with Gasteiger partial charge in [-0.25, -0.2) is 9.97 Å². The molecule has 5 nitrogen and oxygen atoms in total. The van der Waals surface area contributed by atoms with Crippen LogP contribution in [0.5, 0.6) is 0 Å². The zero-order valence-electron chi connectivity index (χ0n) is 10.3. The van der Waals surface area contributed by atoms with Crippen LogP contribution in [0.4, 0.5) is 5.82 Å². The molecule has 0 aromatic carbocycles. The Bertz CT molecular complexity index is 453. The molecule has 0 aliphatic rings. The van der Waals surface area contributed by atoms with Crippen molar-refractivity contribution in [2.75, 3.05) is 32.1 Å². The van der Waals surface area contributed by atoms with Crippen LogP contribution >= 0.6 is 0 Å². The summed E-state index contributed by atoms with van der Waals surface area (Å²) in [5.74, 6) is 0.936. The normalized spacial score (nSPS) is 9.65. The first-order chi connectivity index (χ1) is 8.19. The van der Waals surface area contributed by atoms with Gasteiger partial charge in [0.1, 0.15) is 5.82 Å². The fourth-order valence-electron chi connectivity index (χ4n) is 1.19. The topological polar surface area (TPSA) is 81.1 Å². The van der Waals surface area contributed by atoms with E-state index in [2.05, 4.69) is 9.97 Å². The van der Waals surface area contributed by atoms with E-state index in [1.54, 1.807) is 6.20 Å². The van der Waals surface area contributed by atoms with E-state index >= 15 is 0 Å². The van der Waals surface area contributed by atoms with Gasteiger partial charge in [0.2, 0.25) is 0 Å². The molecule has 4 N–H and O–H groups in total. The molecule has 2 rings (SSSR count). The first-order valence-electron chi connectivity index (χ1n) is 5.48. The highest BCUT2D eigenvalue weighted by Gasteiger charge is 1.98. The summed E-state index contributed by atoms with van der Waals surface area (Å²) in [6.45, 7) is 1.19. The number of aromatic nitrogens is 2. The lowest BCUT2D eigenvalue weighted by atomic mass is 10.3. The lowest BCUT2D eigenvalue weighted by Gasteiger charge is -2.10. The average Bonchev–Trinajstić information content (AvgIpc) is 2.38. The first kappa shape index (κ1) is 13.3. The van der Waals surface area contributed by atoms with Gasteiger partial charge in [0, 0.05) is 38.8 Å². The number of nitrogens with zero attached hydrogens (tertiary/aromatic N) is 3. The molecule has 5 heteroatoms. The van der Waals surface area contributed by atoms with Crippen molar-refractivity contribution in [1.82, 2.24) is 9.97 Å².